The second-order valence-electron chi connectivity index (χ2n) is 4.88. The van der Waals surface area contributed by atoms with Gasteiger partial charge in [-0.2, -0.15) is 0 Å². The summed E-state index contributed by atoms with van der Waals surface area (Å²) in [7, 11) is 0. The molecule has 1 fully saturated rings. The van der Waals surface area contributed by atoms with E-state index in [0.29, 0.717) is 0 Å². The van der Waals surface area contributed by atoms with Crippen molar-refractivity contribution in [2.75, 3.05) is 5.33 Å². The fourth-order valence-corrected chi connectivity index (χ4v) is 2.86. The molecule has 1 aromatic carbocycles. The lowest BCUT2D eigenvalue weighted by Crippen LogP contribution is -2.04. The zero-order valence-corrected chi connectivity index (χ0v) is 12.0. The van der Waals surface area contributed by atoms with Crippen molar-refractivity contribution in [3.63, 3.8) is 0 Å². The molecule has 2 rings (SSSR count). The van der Waals surface area contributed by atoms with Gasteiger partial charge in [0.2, 0.25) is 0 Å². The molecule has 1 saturated carbocycles. The molecule has 0 spiro atoms. The van der Waals surface area contributed by atoms with E-state index in [1.165, 1.54) is 37.7 Å². The first kappa shape index (κ1) is 12.9. The van der Waals surface area contributed by atoms with Crippen molar-refractivity contribution in [3.8, 4) is 0 Å². The third-order valence-electron chi connectivity index (χ3n) is 3.60. The van der Waals surface area contributed by atoms with E-state index in [0.717, 1.165) is 17.7 Å². The first-order valence-electron chi connectivity index (χ1n) is 6.72. The minimum absolute atomic E-state index is 0.823. The molecular formula is C16H21Br. The van der Waals surface area contributed by atoms with Crippen LogP contribution in [-0.4, -0.2) is 5.33 Å². The first-order chi connectivity index (χ1) is 8.40. The van der Waals surface area contributed by atoms with Crippen molar-refractivity contribution in [1.82, 2.24) is 0 Å². The summed E-state index contributed by atoms with van der Waals surface area (Å²) in [6.45, 7) is 0. The highest BCUT2D eigenvalue weighted by atomic mass is 79.9. The van der Waals surface area contributed by atoms with Crippen molar-refractivity contribution in [3.05, 3.63) is 41.5 Å². The lowest BCUT2D eigenvalue weighted by atomic mass is 9.84. The van der Waals surface area contributed by atoms with E-state index in [-0.39, 0.29) is 0 Å². The third kappa shape index (κ3) is 3.99. The molecule has 0 aromatic heterocycles. The highest BCUT2D eigenvalue weighted by Gasteiger charge is 2.14. The molecule has 0 bridgehead atoms. The van der Waals surface area contributed by atoms with Crippen LogP contribution in [0.25, 0.3) is 6.08 Å². The van der Waals surface area contributed by atoms with Crippen LogP contribution in [0.2, 0.25) is 0 Å². The Balaban J connectivity index is 1.97. The van der Waals surface area contributed by atoms with Gasteiger partial charge >= 0.3 is 0 Å². The van der Waals surface area contributed by atoms with E-state index in [1.54, 1.807) is 5.56 Å². The lowest BCUT2D eigenvalue weighted by molar-refractivity contribution is 0.443. The standard InChI is InChI=1S/C16H21Br/c17-13-5-4-6-14-9-11-16(12-10-14)15-7-2-1-3-8-15/h4,6,9-12,15H,1-3,5,7-8,13H2/b6-4+. The molecule has 0 aliphatic heterocycles. The van der Waals surface area contributed by atoms with Crippen LogP contribution in [0.1, 0.15) is 55.6 Å². The lowest BCUT2D eigenvalue weighted by Gasteiger charge is -2.21. The molecule has 1 aliphatic carbocycles. The average Bonchev–Trinajstić information content (AvgIpc) is 2.41. The zero-order valence-electron chi connectivity index (χ0n) is 10.4. The van der Waals surface area contributed by atoms with Crippen LogP contribution in [0, 0.1) is 0 Å². The number of allylic oxidation sites excluding steroid dienone is 1. The number of hydrogen-bond donors (Lipinski definition) is 0. The van der Waals surface area contributed by atoms with Gasteiger partial charge in [0.15, 0.2) is 0 Å². The summed E-state index contributed by atoms with van der Waals surface area (Å²) in [5.41, 5.74) is 2.87. The van der Waals surface area contributed by atoms with Gasteiger partial charge in [-0.3, -0.25) is 0 Å². The van der Waals surface area contributed by atoms with Gasteiger partial charge < -0.3 is 0 Å². The SMILES string of the molecule is BrCC/C=C/c1ccc(C2CCCCC2)cc1. The topological polar surface area (TPSA) is 0 Å². The number of halogens is 1. The number of alkyl halides is 1. The zero-order chi connectivity index (χ0) is 11.9. The minimum Gasteiger partial charge on any atom is -0.0925 e. The third-order valence-corrected chi connectivity index (χ3v) is 4.06. The summed E-state index contributed by atoms with van der Waals surface area (Å²) in [4.78, 5) is 0. The number of hydrogen-bond acceptors (Lipinski definition) is 0. The van der Waals surface area contributed by atoms with Gasteiger partial charge in [0.05, 0.1) is 0 Å². The Hall–Kier alpha value is -0.560. The summed E-state index contributed by atoms with van der Waals surface area (Å²) in [5.74, 6) is 0.823. The Labute approximate surface area is 113 Å². The van der Waals surface area contributed by atoms with Gasteiger partial charge in [0.25, 0.3) is 0 Å². The van der Waals surface area contributed by atoms with Gasteiger partial charge in [-0.15, -0.1) is 0 Å². The molecule has 0 saturated heterocycles. The fourth-order valence-electron chi connectivity index (χ4n) is 2.60. The summed E-state index contributed by atoms with van der Waals surface area (Å²) < 4.78 is 0. The maximum Gasteiger partial charge on any atom is 0.00660 e. The van der Waals surface area contributed by atoms with Crippen LogP contribution >= 0.6 is 15.9 Å². The molecule has 0 amide bonds. The molecule has 0 heterocycles. The van der Waals surface area contributed by atoms with Crippen molar-refractivity contribution >= 4 is 22.0 Å². The summed E-state index contributed by atoms with van der Waals surface area (Å²) in [6, 6.07) is 9.16. The summed E-state index contributed by atoms with van der Waals surface area (Å²) in [6.07, 6.45) is 12.6. The van der Waals surface area contributed by atoms with Crippen molar-refractivity contribution in [1.29, 1.82) is 0 Å². The molecule has 1 heteroatoms. The predicted molar refractivity (Wildman–Crippen MR) is 79.7 cm³/mol. The molecule has 92 valence electrons. The largest absolute Gasteiger partial charge is 0.0925 e. The van der Waals surface area contributed by atoms with Crippen LogP contribution in [0.4, 0.5) is 0 Å². The molecule has 0 N–H and O–H groups in total. The van der Waals surface area contributed by atoms with Crippen molar-refractivity contribution in [2.24, 2.45) is 0 Å². The van der Waals surface area contributed by atoms with Gasteiger partial charge in [-0.25, -0.2) is 0 Å². The van der Waals surface area contributed by atoms with Gasteiger partial charge in [-0.1, -0.05) is 71.6 Å². The Kier molecular flexibility index (Phi) is 5.31. The molecule has 0 unspecified atom stereocenters. The smallest absolute Gasteiger partial charge is 0.00660 e. The van der Waals surface area contributed by atoms with E-state index in [9.17, 15) is 0 Å². The van der Waals surface area contributed by atoms with Crippen LogP contribution in [0.3, 0.4) is 0 Å². The molecule has 1 aromatic rings. The van der Waals surface area contributed by atoms with E-state index in [2.05, 4.69) is 52.3 Å². The molecule has 1 aliphatic rings. The fraction of sp³-hybridized carbons (Fsp3) is 0.500. The van der Waals surface area contributed by atoms with E-state index >= 15 is 0 Å². The highest BCUT2D eigenvalue weighted by Crippen LogP contribution is 2.32. The molecular weight excluding hydrogens is 272 g/mol. The summed E-state index contributed by atoms with van der Waals surface area (Å²) in [5, 5.41) is 1.05. The molecule has 0 radical (unpaired) electrons. The average molecular weight is 293 g/mol. The van der Waals surface area contributed by atoms with Gasteiger partial charge in [0.1, 0.15) is 0 Å². The normalized spacial score (nSPS) is 17.7. The van der Waals surface area contributed by atoms with Crippen LogP contribution < -0.4 is 0 Å². The Bertz CT molecular complexity index is 344. The second kappa shape index (κ2) is 7.00. The number of rotatable bonds is 4. The monoisotopic (exact) mass is 292 g/mol. The van der Waals surface area contributed by atoms with Crippen molar-refractivity contribution in [2.45, 2.75) is 44.4 Å². The summed E-state index contributed by atoms with van der Waals surface area (Å²) >= 11 is 3.44. The first-order valence-corrected chi connectivity index (χ1v) is 7.85. The highest BCUT2D eigenvalue weighted by molar-refractivity contribution is 9.09. The van der Waals surface area contributed by atoms with Gasteiger partial charge in [0, 0.05) is 5.33 Å². The van der Waals surface area contributed by atoms with E-state index in [4.69, 9.17) is 0 Å². The van der Waals surface area contributed by atoms with E-state index < -0.39 is 0 Å². The Morgan fingerprint density at radius 2 is 1.76 bits per heavy atom. The maximum atomic E-state index is 3.44. The predicted octanol–water partition coefficient (Wildman–Crippen LogP) is 5.53. The van der Waals surface area contributed by atoms with Crippen LogP contribution in [-0.2, 0) is 0 Å². The molecule has 0 nitrogen and oxygen atoms in total. The minimum atomic E-state index is 0.823. The molecule has 0 atom stereocenters. The number of benzene rings is 1. The second-order valence-corrected chi connectivity index (χ2v) is 5.67. The Morgan fingerprint density at radius 3 is 2.41 bits per heavy atom. The quantitative estimate of drug-likeness (QED) is 0.640. The molecule has 17 heavy (non-hydrogen) atoms. The Morgan fingerprint density at radius 1 is 1.06 bits per heavy atom. The van der Waals surface area contributed by atoms with E-state index in [1.807, 2.05) is 0 Å². The van der Waals surface area contributed by atoms with Crippen LogP contribution in [0.15, 0.2) is 30.3 Å². The van der Waals surface area contributed by atoms with Crippen molar-refractivity contribution < 1.29 is 0 Å². The van der Waals surface area contributed by atoms with Gasteiger partial charge in [-0.05, 0) is 36.3 Å². The van der Waals surface area contributed by atoms with Crippen LogP contribution in [0.5, 0.6) is 0 Å². The maximum absolute atomic E-state index is 3.44.